The second kappa shape index (κ2) is 12.0. The molecule has 0 aliphatic carbocycles. The van der Waals surface area contributed by atoms with E-state index in [0.717, 1.165) is 30.0 Å². The lowest BCUT2D eigenvalue weighted by Crippen LogP contribution is -2.36. The first-order valence-corrected chi connectivity index (χ1v) is 9.97. The molecule has 0 bridgehead atoms. The molecule has 1 atom stereocenters. The smallest absolute Gasteiger partial charge is 0.0856 e. The standard InChI is InChI=1S/C20H27ClN2O2.C2H6/c1-5-17(18-12-15(2)13-19(21)14-18)9-6-16-7-10-20(11-8-16)23(25-24)22(3)4;1-2/h7-8,10-14,17,24H,5-6,9H2,1-4H3;1-2H3. The lowest BCUT2D eigenvalue weighted by molar-refractivity contribution is -0.281. The van der Waals surface area contributed by atoms with E-state index in [2.05, 4.69) is 43.1 Å². The lowest BCUT2D eigenvalue weighted by Gasteiger charge is -2.25. The molecule has 0 saturated heterocycles. The zero-order chi connectivity index (χ0) is 20.4. The fourth-order valence-corrected chi connectivity index (χ4v) is 3.39. The highest BCUT2D eigenvalue weighted by Crippen LogP contribution is 2.28. The first-order valence-electron chi connectivity index (χ1n) is 9.59. The summed E-state index contributed by atoms with van der Waals surface area (Å²) in [5.74, 6) is 0.496. The van der Waals surface area contributed by atoms with E-state index < -0.39 is 0 Å². The molecule has 2 aromatic carbocycles. The second-order valence-electron chi connectivity index (χ2n) is 6.57. The van der Waals surface area contributed by atoms with Crippen molar-refractivity contribution >= 4 is 17.3 Å². The number of hydrazine groups is 1. The van der Waals surface area contributed by atoms with E-state index in [1.165, 1.54) is 21.9 Å². The Balaban J connectivity index is 0.00000176. The summed E-state index contributed by atoms with van der Waals surface area (Å²) in [4.78, 5) is 4.38. The number of aryl methyl sites for hydroxylation is 2. The molecule has 0 fully saturated rings. The number of anilines is 1. The molecule has 150 valence electrons. The topological polar surface area (TPSA) is 35.9 Å². The average molecular weight is 393 g/mol. The molecule has 0 heterocycles. The van der Waals surface area contributed by atoms with E-state index in [1.807, 2.05) is 32.0 Å². The Kier molecular flexibility index (Phi) is 10.4. The van der Waals surface area contributed by atoms with E-state index in [4.69, 9.17) is 16.9 Å². The third-order valence-electron chi connectivity index (χ3n) is 4.41. The molecule has 0 saturated carbocycles. The van der Waals surface area contributed by atoms with E-state index in [0.29, 0.717) is 5.92 Å². The summed E-state index contributed by atoms with van der Waals surface area (Å²) < 4.78 is 0. The van der Waals surface area contributed by atoms with E-state index in [9.17, 15) is 0 Å². The minimum atomic E-state index is 0.496. The van der Waals surface area contributed by atoms with Gasteiger partial charge in [0.05, 0.1) is 5.69 Å². The highest BCUT2D eigenvalue weighted by Gasteiger charge is 2.12. The van der Waals surface area contributed by atoms with Gasteiger partial charge in [-0.3, -0.25) is 0 Å². The van der Waals surface area contributed by atoms with Gasteiger partial charge in [0.2, 0.25) is 0 Å². The fourth-order valence-electron chi connectivity index (χ4n) is 3.09. The van der Waals surface area contributed by atoms with Crippen LogP contribution in [0.15, 0.2) is 42.5 Å². The molecule has 0 radical (unpaired) electrons. The van der Waals surface area contributed by atoms with Crippen molar-refractivity contribution in [3.8, 4) is 0 Å². The first kappa shape index (κ1) is 23.4. The summed E-state index contributed by atoms with van der Waals surface area (Å²) >= 11 is 6.21. The summed E-state index contributed by atoms with van der Waals surface area (Å²) in [6.45, 7) is 8.30. The third-order valence-corrected chi connectivity index (χ3v) is 4.63. The highest BCUT2D eigenvalue weighted by atomic mass is 35.5. The largest absolute Gasteiger partial charge is 0.226 e. The van der Waals surface area contributed by atoms with Crippen LogP contribution in [0.25, 0.3) is 0 Å². The number of hydrogen-bond donors (Lipinski definition) is 1. The molecule has 27 heavy (non-hydrogen) atoms. The third kappa shape index (κ3) is 7.15. The molecule has 1 N–H and O–H groups in total. The van der Waals surface area contributed by atoms with Gasteiger partial charge in [-0.05, 0) is 73.1 Å². The number of nitrogens with zero attached hydrogens (tertiary/aromatic N) is 2. The van der Waals surface area contributed by atoms with Gasteiger partial charge >= 0.3 is 0 Å². The van der Waals surface area contributed by atoms with Crippen molar-refractivity contribution in [2.45, 2.75) is 52.9 Å². The van der Waals surface area contributed by atoms with Crippen LogP contribution >= 0.6 is 11.6 Å². The van der Waals surface area contributed by atoms with Crippen molar-refractivity contribution in [2.24, 2.45) is 0 Å². The Morgan fingerprint density at radius 1 is 1.07 bits per heavy atom. The van der Waals surface area contributed by atoms with Gasteiger partial charge in [-0.25, -0.2) is 5.26 Å². The fraction of sp³-hybridized carbons (Fsp3) is 0.455. The van der Waals surface area contributed by atoms with E-state index >= 15 is 0 Å². The average Bonchev–Trinajstić information content (AvgIpc) is 2.64. The minimum absolute atomic E-state index is 0.496. The highest BCUT2D eigenvalue weighted by molar-refractivity contribution is 6.30. The van der Waals surface area contributed by atoms with Gasteiger partial charge in [0.1, 0.15) is 0 Å². The predicted molar refractivity (Wildman–Crippen MR) is 115 cm³/mol. The molecule has 2 aromatic rings. The maximum Gasteiger partial charge on any atom is 0.0856 e. The Bertz CT molecular complexity index is 654. The van der Waals surface area contributed by atoms with Crippen molar-refractivity contribution in [3.05, 3.63) is 64.2 Å². The summed E-state index contributed by atoms with van der Waals surface area (Å²) in [6, 6.07) is 14.3. The number of rotatable bonds is 8. The molecule has 0 spiro atoms. The number of hydrogen-bond acceptors (Lipinski definition) is 4. The van der Waals surface area contributed by atoms with Crippen LogP contribution in [0.3, 0.4) is 0 Å². The van der Waals surface area contributed by atoms with Gasteiger partial charge in [-0.1, -0.05) is 55.6 Å². The molecule has 0 aromatic heterocycles. The molecular weight excluding hydrogens is 360 g/mol. The molecule has 0 amide bonds. The van der Waals surface area contributed by atoms with E-state index in [-0.39, 0.29) is 0 Å². The molecule has 1 unspecified atom stereocenters. The van der Waals surface area contributed by atoms with Gasteiger partial charge in [0.25, 0.3) is 0 Å². The number of benzene rings is 2. The minimum Gasteiger partial charge on any atom is -0.226 e. The van der Waals surface area contributed by atoms with Crippen molar-refractivity contribution in [2.75, 3.05) is 19.3 Å². The predicted octanol–water partition coefficient (Wildman–Crippen LogP) is 6.49. The molecule has 5 heteroatoms. The van der Waals surface area contributed by atoms with Crippen molar-refractivity contribution in [1.29, 1.82) is 0 Å². The van der Waals surface area contributed by atoms with Gasteiger partial charge in [0, 0.05) is 19.1 Å². The van der Waals surface area contributed by atoms with Crippen LogP contribution in [0.4, 0.5) is 5.69 Å². The van der Waals surface area contributed by atoms with Crippen LogP contribution in [0.2, 0.25) is 5.02 Å². The van der Waals surface area contributed by atoms with E-state index in [1.54, 1.807) is 19.1 Å². The Morgan fingerprint density at radius 3 is 2.19 bits per heavy atom. The molecule has 0 aliphatic rings. The Hall–Kier alpha value is -1.59. The lowest BCUT2D eigenvalue weighted by atomic mass is 9.89. The van der Waals surface area contributed by atoms with Gasteiger partial charge in [0.15, 0.2) is 0 Å². The molecular formula is C22H33ClN2O2. The normalized spacial score (nSPS) is 11.7. The van der Waals surface area contributed by atoms with Crippen molar-refractivity contribution in [3.63, 3.8) is 0 Å². The maximum atomic E-state index is 8.97. The van der Waals surface area contributed by atoms with Crippen LogP contribution in [0, 0.1) is 6.92 Å². The van der Waals surface area contributed by atoms with Crippen LogP contribution in [-0.4, -0.2) is 24.4 Å². The zero-order valence-electron chi connectivity index (χ0n) is 17.4. The van der Waals surface area contributed by atoms with Crippen LogP contribution in [0.5, 0.6) is 0 Å². The van der Waals surface area contributed by atoms with Crippen LogP contribution < -0.4 is 5.17 Å². The summed E-state index contributed by atoms with van der Waals surface area (Å²) in [6.07, 6.45) is 3.15. The zero-order valence-corrected chi connectivity index (χ0v) is 18.1. The van der Waals surface area contributed by atoms with Gasteiger partial charge in [-0.15, -0.1) is 0 Å². The summed E-state index contributed by atoms with van der Waals surface area (Å²) in [7, 11) is 3.59. The molecule has 0 aliphatic heterocycles. The van der Waals surface area contributed by atoms with Crippen molar-refractivity contribution in [1.82, 2.24) is 5.01 Å². The number of halogens is 1. The summed E-state index contributed by atoms with van der Waals surface area (Å²) in [5, 5.41) is 12.8. The Morgan fingerprint density at radius 2 is 1.70 bits per heavy atom. The molecule has 2 rings (SSSR count). The van der Waals surface area contributed by atoms with Gasteiger partial charge in [-0.2, -0.15) is 10.2 Å². The van der Waals surface area contributed by atoms with Crippen molar-refractivity contribution < 1.29 is 10.2 Å². The SMILES string of the molecule is CC.CCC(CCc1ccc(N(OO)N(C)C)cc1)c1cc(C)cc(Cl)c1. The summed E-state index contributed by atoms with van der Waals surface area (Å²) in [5.41, 5.74) is 4.56. The van der Waals surface area contributed by atoms with Crippen LogP contribution in [0.1, 0.15) is 56.2 Å². The second-order valence-corrected chi connectivity index (χ2v) is 7.01. The monoisotopic (exact) mass is 392 g/mol. The first-order chi connectivity index (χ1) is 12.9. The maximum absolute atomic E-state index is 8.97. The molecule has 4 nitrogen and oxygen atoms in total. The quantitative estimate of drug-likeness (QED) is 0.411. The Labute approximate surface area is 169 Å². The van der Waals surface area contributed by atoms with Crippen LogP contribution in [-0.2, 0) is 11.4 Å². The van der Waals surface area contributed by atoms with Gasteiger partial charge < -0.3 is 0 Å².